The SMILES string of the molecule is CC1CCC(C)C(OCCOC2CCC(c3nnc(C4CCCCC4)o3)CC2)C1. The molecule has 3 unspecified atom stereocenters. The van der Waals surface area contributed by atoms with Gasteiger partial charge >= 0.3 is 0 Å². The van der Waals surface area contributed by atoms with E-state index in [1.807, 2.05) is 0 Å². The van der Waals surface area contributed by atoms with Crippen molar-refractivity contribution in [2.45, 2.75) is 115 Å². The first-order valence-electron chi connectivity index (χ1n) is 12.3. The van der Waals surface area contributed by atoms with Gasteiger partial charge in [-0.2, -0.15) is 0 Å². The number of nitrogens with zero attached hydrogens (tertiary/aromatic N) is 2. The molecule has 3 saturated carbocycles. The summed E-state index contributed by atoms with van der Waals surface area (Å²) in [6.45, 7) is 6.13. The third-order valence-electron chi connectivity index (χ3n) is 7.59. The van der Waals surface area contributed by atoms with E-state index in [-0.39, 0.29) is 0 Å². The number of hydrogen-bond acceptors (Lipinski definition) is 5. The summed E-state index contributed by atoms with van der Waals surface area (Å²) < 4.78 is 18.4. The average Bonchev–Trinajstić information content (AvgIpc) is 3.25. The van der Waals surface area contributed by atoms with E-state index >= 15 is 0 Å². The van der Waals surface area contributed by atoms with Crippen molar-refractivity contribution in [3.05, 3.63) is 11.8 Å². The molecule has 164 valence electrons. The third-order valence-corrected chi connectivity index (χ3v) is 7.59. The van der Waals surface area contributed by atoms with Gasteiger partial charge in [-0.25, -0.2) is 0 Å². The van der Waals surface area contributed by atoms with Gasteiger partial charge < -0.3 is 13.9 Å². The molecule has 0 aromatic carbocycles. The molecule has 5 heteroatoms. The molecule has 29 heavy (non-hydrogen) atoms. The van der Waals surface area contributed by atoms with Gasteiger partial charge in [0.15, 0.2) is 0 Å². The molecule has 1 aromatic rings. The smallest absolute Gasteiger partial charge is 0.219 e. The molecule has 1 heterocycles. The van der Waals surface area contributed by atoms with Gasteiger partial charge in [0.25, 0.3) is 0 Å². The first-order chi connectivity index (χ1) is 14.2. The van der Waals surface area contributed by atoms with Gasteiger partial charge in [0.2, 0.25) is 11.8 Å². The number of rotatable bonds is 7. The van der Waals surface area contributed by atoms with Gasteiger partial charge in [-0.1, -0.05) is 39.5 Å². The van der Waals surface area contributed by atoms with Crippen molar-refractivity contribution in [2.24, 2.45) is 11.8 Å². The highest BCUT2D eigenvalue weighted by atomic mass is 16.5. The van der Waals surface area contributed by atoms with Crippen molar-refractivity contribution < 1.29 is 13.9 Å². The van der Waals surface area contributed by atoms with Crippen LogP contribution < -0.4 is 0 Å². The number of hydrogen-bond donors (Lipinski definition) is 0. The number of ether oxygens (including phenoxy) is 2. The Balaban J connectivity index is 1.14. The van der Waals surface area contributed by atoms with E-state index in [4.69, 9.17) is 13.9 Å². The molecule has 4 rings (SSSR count). The van der Waals surface area contributed by atoms with Gasteiger partial charge in [0, 0.05) is 11.8 Å². The van der Waals surface area contributed by atoms with Crippen molar-refractivity contribution in [3.8, 4) is 0 Å². The van der Waals surface area contributed by atoms with Crippen LogP contribution in [0.3, 0.4) is 0 Å². The molecule has 0 radical (unpaired) electrons. The molecule has 0 aliphatic heterocycles. The Labute approximate surface area is 176 Å². The Morgan fingerprint density at radius 1 is 0.759 bits per heavy atom. The van der Waals surface area contributed by atoms with Crippen LogP contribution in [0.15, 0.2) is 4.42 Å². The maximum atomic E-state index is 6.15. The Hall–Kier alpha value is -0.940. The Kier molecular flexibility index (Phi) is 7.63. The lowest BCUT2D eigenvalue weighted by molar-refractivity contribution is -0.0623. The van der Waals surface area contributed by atoms with E-state index in [2.05, 4.69) is 24.0 Å². The summed E-state index contributed by atoms with van der Waals surface area (Å²) in [6.07, 6.45) is 15.4. The molecule has 1 aromatic heterocycles. The molecule has 3 fully saturated rings. The van der Waals surface area contributed by atoms with Crippen LogP contribution in [0.1, 0.15) is 115 Å². The summed E-state index contributed by atoms with van der Waals surface area (Å²) in [5, 5.41) is 8.79. The highest BCUT2D eigenvalue weighted by Gasteiger charge is 2.29. The van der Waals surface area contributed by atoms with Crippen LogP contribution >= 0.6 is 0 Å². The van der Waals surface area contributed by atoms with Crippen molar-refractivity contribution in [1.82, 2.24) is 10.2 Å². The fraction of sp³-hybridized carbons (Fsp3) is 0.917. The molecular formula is C24H40N2O3. The molecule has 3 atom stereocenters. The highest BCUT2D eigenvalue weighted by Crippen LogP contribution is 2.37. The molecule has 0 saturated heterocycles. The van der Waals surface area contributed by atoms with Crippen molar-refractivity contribution >= 4 is 0 Å². The van der Waals surface area contributed by atoms with Gasteiger partial charge in [0.05, 0.1) is 25.4 Å². The summed E-state index contributed by atoms with van der Waals surface area (Å²) in [5.74, 6) is 4.17. The minimum Gasteiger partial charge on any atom is -0.425 e. The molecule has 3 aliphatic rings. The second-order valence-corrected chi connectivity index (χ2v) is 9.96. The normalized spacial score (nSPS) is 34.3. The van der Waals surface area contributed by atoms with Crippen LogP contribution in [0.25, 0.3) is 0 Å². The summed E-state index contributed by atoms with van der Waals surface area (Å²) in [6, 6.07) is 0. The second-order valence-electron chi connectivity index (χ2n) is 9.96. The predicted octanol–water partition coefficient (Wildman–Crippen LogP) is 6.00. The second kappa shape index (κ2) is 10.4. The fourth-order valence-electron chi connectivity index (χ4n) is 5.53. The lowest BCUT2D eigenvalue weighted by Gasteiger charge is -2.33. The number of aromatic nitrogens is 2. The minimum atomic E-state index is 0.360. The van der Waals surface area contributed by atoms with Crippen LogP contribution in [0.2, 0.25) is 0 Å². The Bertz CT molecular complexity index is 605. The van der Waals surface area contributed by atoms with Crippen molar-refractivity contribution in [1.29, 1.82) is 0 Å². The largest absolute Gasteiger partial charge is 0.425 e. The minimum absolute atomic E-state index is 0.360. The summed E-state index contributed by atoms with van der Waals surface area (Å²) in [5.41, 5.74) is 0. The van der Waals surface area contributed by atoms with E-state index < -0.39 is 0 Å². The maximum absolute atomic E-state index is 6.15. The van der Waals surface area contributed by atoms with Crippen molar-refractivity contribution in [2.75, 3.05) is 13.2 Å². The first-order valence-corrected chi connectivity index (χ1v) is 12.3. The highest BCUT2D eigenvalue weighted by molar-refractivity contribution is 4.98. The molecule has 5 nitrogen and oxygen atoms in total. The predicted molar refractivity (Wildman–Crippen MR) is 113 cm³/mol. The van der Waals surface area contributed by atoms with E-state index in [1.165, 1.54) is 51.4 Å². The topological polar surface area (TPSA) is 57.4 Å². The molecular weight excluding hydrogens is 364 g/mol. The first kappa shape index (κ1) is 21.3. The molecule has 0 bridgehead atoms. The molecule has 3 aliphatic carbocycles. The average molecular weight is 405 g/mol. The van der Waals surface area contributed by atoms with E-state index in [9.17, 15) is 0 Å². The van der Waals surface area contributed by atoms with Crippen LogP contribution in [-0.2, 0) is 9.47 Å². The van der Waals surface area contributed by atoms with Crippen LogP contribution in [0.5, 0.6) is 0 Å². The van der Waals surface area contributed by atoms with Gasteiger partial charge in [0.1, 0.15) is 0 Å². The van der Waals surface area contributed by atoms with Gasteiger partial charge in [-0.05, 0) is 63.2 Å². The quantitative estimate of drug-likeness (QED) is 0.522. The van der Waals surface area contributed by atoms with Crippen LogP contribution in [0.4, 0.5) is 0 Å². The monoisotopic (exact) mass is 404 g/mol. The third kappa shape index (κ3) is 5.81. The summed E-state index contributed by atoms with van der Waals surface area (Å²) in [4.78, 5) is 0. The van der Waals surface area contributed by atoms with Gasteiger partial charge in [-0.3, -0.25) is 0 Å². The summed E-state index contributed by atoms with van der Waals surface area (Å²) in [7, 11) is 0. The zero-order valence-corrected chi connectivity index (χ0v) is 18.5. The lowest BCUT2D eigenvalue weighted by Crippen LogP contribution is -2.31. The van der Waals surface area contributed by atoms with Gasteiger partial charge in [-0.15, -0.1) is 10.2 Å². The van der Waals surface area contributed by atoms with Crippen LogP contribution in [-0.4, -0.2) is 35.6 Å². The summed E-state index contributed by atoms with van der Waals surface area (Å²) >= 11 is 0. The molecule has 0 amide bonds. The van der Waals surface area contributed by atoms with E-state index in [1.54, 1.807) is 0 Å². The van der Waals surface area contributed by atoms with E-state index in [0.29, 0.717) is 30.0 Å². The standard InChI is InChI=1S/C24H40N2O3/c1-17-8-9-18(2)22(16-17)28-15-14-27-21-12-10-20(11-13-21)24-26-25-23(29-24)19-6-4-3-5-7-19/h17-22H,3-16H2,1-2H3. The zero-order valence-electron chi connectivity index (χ0n) is 18.5. The fourth-order valence-corrected chi connectivity index (χ4v) is 5.53. The Morgan fingerprint density at radius 3 is 2.14 bits per heavy atom. The maximum Gasteiger partial charge on any atom is 0.219 e. The molecule has 0 spiro atoms. The molecule has 0 N–H and O–H groups in total. The van der Waals surface area contributed by atoms with Crippen LogP contribution in [0, 0.1) is 11.8 Å². The zero-order chi connectivity index (χ0) is 20.1. The van der Waals surface area contributed by atoms with E-state index in [0.717, 1.165) is 56.6 Å². The van der Waals surface area contributed by atoms with Crippen molar-refractivity contribution in [3.63, 3.8) is 0 Å². The lowest BCUT2D eigenvalue weighted by atomic mass is 9.82. The Morgan fingerprint density at radius 2 is 1.41 bits per heavy atom.